The van der Waals surface area contributed by atoms with E-state index >= 15 is 0 Å². The van der Waals surface area contributed by atoms with Gasteiger partial charge in [0.15, 0.2) is 5.82 Å². The molecule has 5 nitrogen and oxygen atoms in total. The fourth-order valence-electron chi connectivity index (χ4n) is 2.13. The maximum atomic E-state index is 4.64. The van der Waals surface area contributed by atoms with Gasteiger partial charge in [-0.2, -0.15) is 5.10 Å². The second kappa shape index (κ2) is 5.33. The summed E-state index contributed by atoms with van der Waals surface area (Å²) in [6.45, 7) is 10.00. The van der Waals surface area contributed by atoms with Crippen LogP contribution in [0.5, 0.6) is 0 Å². The monoisotopic (exact) mass is 247 g/mol. The van der Waals surface area contributed by atoms with Crippen molar-refractivity contribution in [2.75, 3.05) is 11.9 Å². The van der Waals surface area contributed by atoms with Gasteiger partial charge in [0.25, 0.3) is 0 Å². The highest BCUT2D eigenvalue weighted by Crippen LogP contribution is 2.23. The number of hydrogen-bond donors (Lipinski definition) is 1. The summed E-state index contributed by atoms with van der Waals surface area (Å²) in [5.41, 5.74) is 2.98. The Labute approximate surface area is 108 Å². The highest BCUT2D eigenvalue weighted by Gasteiger charge is 2.15. The minimum Gasteiger partial charge on any atom is -0.368 e. The highest BCUT2D eigenvalue weighted by atomic mass is 15.3. The smallest absolute Gasteiger partial charge is 0.156 e. The molecule has 0 bridgehead atoms. The fourth-order valence-corrected chi connectivity index (χ4v) is 2.13. The van der Waals surface area contributed by atoms with Gasteiger partial charge in [-0.15, -0.1) is 0 Å². The minimum absolute atomic E-state index is 0.833. The number of fused-ring (bicyclic) bond motifs is 1. The van der Waals surface area contributed by atoms with Crippen molar-refractivity contribution in [1.82, 2.24) is 19.7 Å². The van der Waals surface area contributed by atoms with Crippen LogP contribution in [0.4, 0.5) is 5.82 Å². The molecule has 0 aromatic carbocycles. The summed E-state index contributed by atoms with van der Waals surface area (Å²) < 4.78 is 1.97. The predicted octanol–water partition coefficient (Wildman–Crippen LogP) is 2.54. The Kier molecular flexibility index (Phi) is 3.79. The van der Waals surface area contributed by atoms with E-state index in [0.29, 0.717) is 0 Å². The highest BCUT2D eigenvalue weighted by molar-refractivity contribution is 5.87. The molecule has 2 rings (SSSR count). The van der Waals surface area contributed by atoms with Crippen LogP contribution in [-0.2, 0) is 13.0 Å². The first kappa shape index (κ1) is 12.8. The maximum Gasteiger partial charge on any atom is 0.156 e. The molecule has 0 aliphatic heterocycles. The summed E-state index contributed by atoms with van der Waals surface area (Å²) in [5.74, 6) is 1.81. The van der Waals surface area contributed by atoms with E-state index in [1.54, 1.807) is 0 Å². The number of aromatic nitrogens is 4. The van der Waals surface area contributed by atoms with Crippen molar-refractivity contribution < 1.29 is 0 Å². The van der Waals surface area contributed by atoms with Crippen LogP contribution < -0.4 is 5.32 Å². The molecule has 0 spiro atoms. The minimum atomic E-state index is 0.833. The van der Waals surface area contributed by atoms with Gasteiger partial charge < -0.3 is 5.32 Å². The van der Waals surface area contributed by atoms with Crippen molar-refractivity contribution >= 4 is 16.9 Å². The summed E-state index contributed by atoms with van der Waals surface area (Å²) in [6.07, 6.45) is 1.96. The van der Waals surface area contributed by atoms with E-state index in [1.165, 1.54) is 0 Å². The third kappa shape index (κ3) is 2.17. The van der Waals surface area contributed by atoms with Crippen molar-refractivity contribution in [1.29, 1.82) is 0 Å². The van der Waals surface area contributed by atoms with E-state index in [4.69, 9.17) is 0 Å². The second-order valence-electron chi connectivity index (χ2n) is 4.37. The lowest BCUT2D eigenvalue weighted by Crippen LogP contribution is -2.07. The summed E-state index contributed by atoms with van der Waals surface area (Å²) in [7, 11) is 0. The average Bonchev–Trinajstić information content (AvgIpc) is 2.68. The Morgan fingerprint density at radius 2 is 1.94 bits per heavy atom. The second-order valence-corrected chi connectivity index (χ2v) is 4.37. The van der Waals surface area contributed by atoms with E-state index in [2.05, 4.69) is 41.2 Å². The van der Waals surface area contributed by atoms with Crippen LogP contribution in [0.3, 0.4) is 0 Å². The van der Waals surface area contributed by atoms with Crippen LogP contribution in [0.25, 0.3) is 11.0 Å². The van der Waals surface area contributed by atoms with Gasteiger partial charge in [-0.05, 0) is 27.2 Å². The van der Waals surface area contributed by atoms with Gasteiger partial charge in [0.2, 0.25) is 0 Å². The average molecular weight is 247 g/mol. The molecule has 0 amide bonds. The molecule has 2 heterocycles. The molecular formula is C13H21N5. The van der Waals surface area contributed by atoms with Gasteiger partial charge in [0, 0.05) is 19.5 Å². The molecule has 0 fully saturated rings. The van der Waals surface area contributed by atoms with Crippen molar-refractivity contribution in [3.63, 3.8) is 0 Å². The van der Waals surface area contributed by atoms with E-state index in [9.17, 15) is 0 Å². The molecule has 0 atom stereocenters. The van der Waals surface area contributed by atoms with Gasteiger partial charge in [0.05, 0.1) is 5.69 Å². The van der Waals surface area contributed by atoms with Gasteiger partial charge in [-0.1, -0.05) is 6.92 Å². The van der Waals surface area contributed by atoms with Crippen LogP contribution in [-0.4, -0.2) is 26.3 Å². The quantitative estimate of drug-likeness (QED) is 0.882. The Morgan fingerprint density at radius 1 is 1.17 bits per heavy atom. The first-order valence-corrected chi connectivity index (χ1v) is 6.69. The van der Waals surface area contributed by atoms with Crippen LogP contribution in [0.1, 0.15) is 38.7 Å². The molecule has 98 valence electrons. The number of aryl methyl sites for hydroxylation is 3. The van der Waals surface area contributed by atoms with Crippen molar-refractivity contribution in [3.05, 3.63) is 11.5 Å². The molecule has 2 aromatic heterocycles. The lowest BCUT2D eigenvalue weighted by Gasteiger charge is -2.08. The van der Waals surface area contributed by atoms with Crippen LogP contribution in [0.15, 0.2) is 0 Å². The molecule has 0 radical (unpaired) electrons. The van der Waals surface area contributed by atoms with E-state index < -0.39 is 0 Å². The SMILES string of the molecule is CCCc1nc(NCC)c2c(n1)c(C)nn2CC. The molecule has 2 aromatic rings. The van der Waals surface area contributed by atoms with E-state index in [1.807, 2.05) is 11.6 Å². The predicted molar refractivity (Wildman–Crippen MR) is 73.9 cm³/mol. The molecule has 5 heteroatoms. The Bertz CT molecular complexity index is 544. The van der Waals surface area contributed by atoms with Crippen molar-refractivity contribution in [2.45, 2.75) is 47.1 Å². The lowest BCUT2D eigenvalue weighted by atomic mass is 10.3. The first-order chi connectivity index (χ1) is 8.71. The van der Waals surface area contributed by atoms with Crippen LogP contribution in [0.2, 0.25) is 0 Å². The molecule has 1 N–H and O–H groups in total. The van der Waals surface area contributed by atoms with Crippen molar-refractivity contribution in [2.24, 2.45) is 0 Å². The van der Waals surface area contributed by atoms with Crippen molar-refractivity contribution in [3.8, 4) is 0 Å². The number of nitrogens with one attached hydrogen (secondary N) is 1. The third-order valence-corrected chi connectivity index (χ3v) is 2.92. The Balaban J connectivity index is 2.66. The first-order valence-electron chi connectivity index (χ1n) is 6.69. The zero-order valence-corrected chi connectivity index (χ0v) is 11.6. The number of nitrogens with zero attached hydrogens (tertiary/aromatic N) is 4. The number of hydrogen-bond acceptors (Lipinski definition) is 4. The standard InChI is InChI=1S/C13H21N5/c1-5-8-10-15-11-9(4)17-18(7-3)12(11)13(16-10)14-6-2/h5-8H2,1-4H3,(H,14,15,16). The molecule has 0 saturated heterocycles. The normalized spacial score (nSPS) is 11.1. The molecule has 0 aliphatic carbocycles. The lowest BCUT2D eigenvalue weighted by molar-refractivity contribution is 0.675. The van der Waals surface area contributed by atoms with E-state index in [-0.39, 0.29) is 0 Å². The Hall–Kier alpha value is -1.65. The number of rotatable bonds is 5. The van der Waals surface area contributed by atoms with E-state index in [0.717, 1.165) is 54.3 Å². The van der Waals surface area contributed by atoms with Crippen LogP contribution >= 0.6 is 0 Å². The summed E-state index contributed by atoms with van der Waals surface area (Å²) >= 11 is 0. The molecule has 18 heavy (non-hydrogen) atoms. The summed E-state index contributed by atoms with van der Waals surface area (Å²) in [4.78, 5) is 9.26. The van der Waals surface area contributed by atoms with Crippen LogP contribution in [0, 0.1) is 6.92 Å². The zero-order valence-electron chi connectivity index (χ0n) is 11.6. The number of anilines is 1. The fraction of sp³-hybridized carbons (Fsp3) is 0.615. The van der Waals surface area contributed by atoms with Gasteiger partial charge in [-0.3, -0.25) is 4.68 Å². The summed E-state index contributed by atoms with van der Waals surface area (Å²) in [5, 5.41) is 7.85. The third-order valence-electron chi connectivity index (χ3n) is 2.92. The topological polar surface area (TPSA) is 55.6 Å². The molecular weight excluding hydrogens is 226 g/mol. The Morgan fingerprint density at radius 3 is 2.56 bits per heavy atom. The largest absolute Gasteiger partial charge is 0.368 e. The van der Waals surface area contributed by atoms with Gasteiger partial charge in [-0.25, -0.2) is 9.97 Å². The molecule has 0 aliphatic rings. The van der Waals surface area contributed by atoms with Gasteiger partial charge >= 0.3 is 0 Å². The summed E-state index contributed by atoms with van der Waals surface area (Å²) in [6, 6.07) is 0. The molecule has 0 unspecified atom stereocenters. The zero-order chi connectivity index (χ0) is 13.1. The molecule has 0 saturated carbocycles. The maximum absolute atomic E-state index is 4.64. The van der Waals surface area contributed by atoms with Gasteiger partial charge in [0.1, 0.15) is 16.9 Å².